The van der Waals surface area contributed by atoms with Crippen LogP contribution in [-0.4, -0.2) is 188 Å². The zero-order valence-electron chi connectivity index (χ0n) is 66.2. The second-order valence-corrected chi connectivity index (χ2v) is 29.2. The number of fused-ring (bicyclic) bond motifs is 4. The number of nitrogens with zero attached hydrogens (tertiary/aromatic N) is 10. The number of aromatic carboxylic acids is 1. The summed E-state index contributed by atoms with van der Waals surface area (Å²) < 4.78 is 32.9. The normalized spacial score (nSPS) is 14.4. The van der Waals surface area contributed by atoms with E-state index in [1.165, 1.54) is 7.11 Å². The minimum Gasteiger partial charge on any atom is -0.478 e. The summed E-state index contributed by atoms with van der Waals surface area (Å²) >= 11 is 3.32. The largest absolute Gasteiger partial charge is 0.478 e. The number of hydrogen-bond acceptors (Lipinski definition) is 15. The average molecular weight is 1900 g/mol. The fourth-order valence-electron chi connectivity index (χ4n) is 12.3. The summed E-state index contributed by atoms with van der Waals surface area (Å²) in [5, 5.41) is 16.0. The van der Waals surface area contributed by atoms with Crippen molar-refractivity contribution in [3.8, 4) is 0 Å². The van der Waals surface area contributed by atoms with E-state index in [-0.39, 0.29) is 115 Å². The average Bonchev–Trinajstić information content (AvgIpc) is 1.68. The van der Waals surface area contributed by atoms with Crippen LogP contribution in [-0.2, 0) is 39.2 Å². The number of hydrogen-bond donors (Lipinski definition) is 5. The van der Waals surface area contributed by atoms with Gasteiger partial charge in [0.05, 0.1) is 96.0 Å². The van der Waals surface area contributed by atoms with E-state index in [0.29, 0.717) is 63.8 Å². The predicted molar refractivity (Wildman–Crippen MR) is 469 cm³/mol. The molecule has 617 valence electrons. The van der Waals surface area contributed by atoms with Gasteiger partial charge in [0.1, 0.15) is 11.2 Å². The molecule has 3 atom stereocenters. The zero-order chi connectivity index (χ0) is 80.3. The third-order valence-corrected chi connectivity index (χ3v) is 18.7. The molecule has 0 saturated carbocycles. The first-order valence-electron chi connectivity index (χ1n) is 37.3. The number of nitrogens with two attached hydrogens (primary N) is 1. The van der Waals surface area contributed by atoms with Gasteiger partial charge in [0.25, 0.3) is 11.8 Å². The van der Waals surface area contributed by atoms with E-state index in [0.717, 1.165) is 123 Å². The van der Waals surface area contributed by atoms with Crippen molar-refractivity contribution < 1.29 is 79.2 Å². The maximum absolute atomic E-state index is 12.6. The second kappa shape index (κ2) is 47.8. The number of imidazole rings is 4. The quantitative estimate of drug-likeness (QED) is 0.0310. The van der Waals surface area contributed by atoms with E-state index in [1.807, 2.05) is 235 Å². The summed E-state index contributed by atoms with van der Waals surface area (Å²) in [4.78, 5) is 96.1. The molecular weight excluding hydrogens is 1780 g/mol. The number of amides is 4. The maximum atomic E-state index is 12.6. The fraction of sp³-hybridized carbons (Fsp3) is 0.341. The molecule has 116 heavy (non-hydrogen) atoms. The van der Waals surface area contributed by atoms with Crippen molar-refractivity contribution in [1.29, 1.82) is 2.67 Å². The first-order chi connectivity index (χ1) is 53.8. The number of esters is 1. The molecule has 3 saturated heterocycles. The molecule has 3 aliphatic rings. The van der Waals surface area contributed by atoms with Gasteiger partial charge in [0.15, 0.2) is 0 Å². The van der Waals surface area contributed by atoms with Crippen LogP contribution in [0.2, 0.25) is 0 Å². The summed E-state index contributed by atoms with van der Waals surface area (Å²) in [6, 6.07) is 62.1. The first kappa shape index (κ1) is 96.5. The van der Waals surface area contributed by atoms with Crippen LogP contribution in [0.25, 0.3) is 44.1 Å². The van der Waals surface area contributed by atoms with Gasteiger partial charge >= 0.3 is 24.1 Å². The van der Waals surface area contributed by atoms with E-state index in [4.69, 9.17) is 23.0 Å². The maximum Gasteiger partial charge on any atom is 0.410 e. The van der Waals surface area contributed by atoms with E-state index in [9.17, 15) is 28.8 Å². The van der Waals surface area contributed by atoms with Crippen molar-refractivity contribution in [2.75, 3.05) is 53.4 Å². The molecule has 0 unspecified atom stereocenters. The van der Waals surface area contributed by atoms with Crippen LogP contribution in [0.1, 0.15) is 154 Å². The van der Waals surface area contributed by atoms with Gasteiger partial charge < -0.3 is 69.1 Å². The molecule has 0 bridgehead atoms. The van der Waals surface area contributed by atoms with E-state index in [2.05, 4.69) is 71.4 Å². The zero-order valence-corrected chi connectivity index (χ0v) is 70.8. The molecule has 28 heteroatoms. The molecule has 0 aliphatic carbocycles. The number of halogens is 2. The Kier molecular flexibility index (Phi) is 39.7. The van der Waals surface area contributed by atoms with Gasteiger partial charge in [-0.1, -0.05) is 143 Å². The Morgan fingerprint density at radius 2 is 0.974 bits per heavy atom. The van der Waals surface area contributed by atoms with E-state index in [1.54, 1.807) is 46.7 Å². The Labute approximate surface area is 725 Å². The minimum absolute atomic E-state index is 0. The monoisotopic (exact) mass is 1890 g/mol. The van der Waals surface area contributed by atoms with Crippen molar-refractivity contribution in [1.82, 2.24) is 64.0 Å². The number of rotatable bonds is 13. The molecular formula is C88H114BBrClN14O10U. The summed E-state index contributed by atoms with van der Waals surface area (Å²) in [6.07, 6.45) is 9.23. The number of nitrogens with one attached hydrogen (secondary N) is 3. The summed E-state index contributed by atoms with van der Waals surface area (Å²) in [7, 11) is 3.77. The Morgan fingerprint density at radius 3 is 1.38 bits per heavy atom. The van der Waals surface area contributed by atoms with Gasteiger partial charge in [-0.15, -0.1) is 12.4 Å². The third-order valence-electron chi connectivity index (χ3n) is 18.1. The third kappa shape index (κ3) is 29.2. The SMILES string of the molecule is C.C.C.C.CC(C)(C)OC(=O)N1CC[C@@H](N)C1.CC(C)(C)OC(=O)N1CC[C@@H](NC(=O)c2ccc(Cn3cnc4ccccc43)cc2)C1.CN(C(=O)c1ccc(Cn2cnc3ccccc32)cc1)[C@@H]1CCNC1.COC(=O)c1ccc(CBr)cc1.Cl.O=C(O)c1ccc(Cn2cnc3ccccc32)cc1.[3H][B][3H].[U].c1ccc2[nH]cnc2c1. The standard InChI is InChI=1S/C24H28N4O3.C20H22N4O.C15H12N2O2.C9H9BrO2.C9H18N2O2.C7H6N2.4CH4.BH2.ClH.U/c1-24(2,3)31-23(30)27-13-12-19(15-27)26-22(29)18-10-8-17(9-11-18)14-28-16-25-20-6-4-5-7-21(20)28;1-23(17-10-11-21-12-17)20(25)16-8-6-15(7-9-16)13-24-14-22-18-4-2-3-5-19(18)24;18-15(19)12-7-5-11(6-8-12)9-17-10-16-13-3-1-2-4-14(13)17;1-12-9(11)8-4-2-7(6-10)3-5-8;1-9(2,3)13-8(12)11-5-4-7(10)6-11;1-2-4-7-6(3-1)8-5-9-7;;;;;;;/h4-11,16,19H,12-15H2,1-3H3,(H,26,29);2-9,14,17,21H,10-13H2,1H3;1-8,10H,9H2,(H,18,19);2-5H,6H2,1H3;7H,4-6,10H2,1-3H3;1-5H,(H,8,9);4*1H4;1H2;1H;/t19-;17-;;;7-;;;;;;;;/m11..1......../s1/i;;;;;;;;;;1T2;;. The molecule has 6 N–H and O–H groups in total. The Balaban J connectivity index is 0.000000375. The van der Waals surface area contributed by atoms with Crippen molar-refractivity contribution in [3.05, 3.63) is 264 Å². The number of carbonyl (C=O) groups excluding carboxylic acids is 5. The fourth-order valence-corrected chi connectivity index (χ4v) is 12.6. The molecule has 7 heterocycles. The number of carboxylic acid groups (broad SMARTS) is 1. The van der Waals surface area contributed by atoms with Crippen molar-refractivity contribution in [2.45, 2.75) is 145 Å². The van der Waals surface area contributed by atoms with E-state index >= 15 is 0 Å². The van der Waals surface area contributed by atoms with Crippen LogP contribution in [0.4, 0.5) is 9.59 Å². The topological polar surface area (TPSA) is 292 Å². The van der Waals surface area contributed by atoms with Crippen LogP contribution in [0.5, 0.6) is 0 Å². The van der Waals surface area contributed by atoms with Gasteiger partial charge in [-0.25, -0.2) is 39.1 Å². The number of benzene rings is 8. The Hall–Kier alpha value is -10.1. The van der Waals surface area contributed by atoms with Crippen molar-refractivity contribution >= 4 is 117 Å². The van der Waals surface area contributed by atoms with Crippen LogP contribution in [0, 0.1) is 31.1 Å². The van der Waals surface area contributed by atoms with Crippen molar-refractivity contribution in [2.24, 2.45) is 5.73 Å². The molecule has 0 spiro atoms. The Bertz CT molecular complexity index is 5010. The molecule has 12 aromatic rings. The van der Waals surface area contributed by atoms with Crippen molar-refractivity contribution in [3.63, 3.8) is 0 Å². The molecule has 15 rings (SSSR count). The number of para-hydroxylation sites is 8. The van der Waals surface area contributed by atoms with Gasteiger partial charge in [0.2, 0.25) is 0 Å². The molecule has 4 aromatic heterocycles. The number of alkyl halides is 1. The number of carbonyl (C=O) groups is 6. The summed E-state index contributed by atoms with van der Waals surface area (Å²) in [6.45, 7) is 17.5. The number of carboxylic acids is 1. The molecule has 1 radical (unpaired) electrons. The predicted octanol–water partition coefficient (Wildman–Crippen LogP) is 16.1. The van der Waals surface area contributed by atoms with Gasteiger partial charge in [0, 0.05) is 125 Å². The number of aromatic amines is 1. The van der Waals surface area contributed by atoms with Crippen LogP contribution in [0.3, 0.4) is 0 Å². The number of H-pyrrole nitrogens is 1. The molecule has 24 nitrogen and oxygen atoms in total. The molecule has 4 amide bonds. The number of ether oxygens (including phenoxy) is 3. The summed E-state index contributed by atoms with van der Waals surface area (Å²) in [5.41, 5.74) is 19.8. The van der Waals surface area contributed by atoms with Crippen LogP contribution in [0.15, 0.2) is 219 Å². The van der Waals surface area contributed by atoms with E-state index < -0.39 is 17.2 Å². The smallest absolute Gasteiger partial charge is 0.410 e. The number of likely N-dealkylation sites (N-methyl/N-ethyl adjacent to an activating group) is 1. The van der Waals surface area contributed by atoms with Gasteiger partial charge in [-0.2, -0.15) is 0 Å². The van der Waals surface area contributed by atoms with Gasteiger partial charge in [-0.3, -0.25) is 9.59 Å². The van der Waals surface area contributed by atoms with Crippen LogP contribution >= 0.6 is 28.3 Å². The number of likely N-dealkylation sites (tertiary alicyclic amines) is 2. The molecule has 3 fully saturated rings. The Morgan fingerprint density at radius 1 is 0.569 bits per heavy atom. The number of methoxy groups -OCH3 is 1. The van der Waals surface area contributed by atoms with Crippen LogP contribution < -0.4 is 16.4 Å². The van der Waals surface area contributed by atoms with Gasteiger partial charge in [-0.05, 0) is 189 Å². The molecule has 3 aliphatic heterocycles. The number of aromatic nitrogens is 8. The first-order valence-corrected chi connectivity index (χ1v) is 37.3. The molecule has 8 aromatic carbocycles. The summed E-state index contributed by atoms with van der Waals surface area (Å²) in [5.74, 6) is -1.24. The minimum atomic E-state index is -0.903. The second-order valence-electron chi connectivity index (χ2n) is 28.6.